The zero-order valence-electron chi connectivity index (χ0n) is 14.7. The van der Waals surface area contributed by atoms with Crippen LogP contribution in [0.2, 0.25) is 0 Å². The monoisotopic (exact) mass is 368 g/mol. The molecule has 1 atom stereocenters. The molecule has 1 N–H and O–H groups in total. The summed E-state index contributed by atoms with van der Waals surface area (Å²) in [4.78, 5) is 20.9. The molecule has 0 bridgehead atoms. The number of anilines is 1. The summed E-state index contributed by atoms with van der Waals surface area (Å²) in [7, 11) is 0. The summed E-state index contributed by atoms with van der Waals surface area (Å²) >= 11 is 0. The van der Waals surface area contributed by atoms with Crippen LogP contribution in [-0.4, -0.2) is 15.6 Å². The van der Waals surface area contributed by atoms with Gasteiger partial charge in [0.25, 0.3) is 5.69 Å². The van der Waals surface area contributed by atoms with E-state index in [1.807, 2.05) is 18.2 Å². The predicted molar refractivity (Wildman–Crippen MR) is 103 cm³/mol. The van der Waals surface area contributed by atoms with Gasteiger partial charge in [0, 0.05) is 17.7 Å². The molecule has 1 aliphatic carbocycles. The molecule has 1 aliphatic rings. The van der Waals surface area contributed by atoms with Gasteiger partial charge < -0.3 is 0 Å². The van der Waals surface area contributed by atoms with Crippen LogP contribution >= 0.6 is 0 Å². The standard InChI is InChI=1S/C19H20N4O4/c24-22(25)15-11-12-18(19(13-15)23(26)27)21-20-17-10-6-2-5-9-16(17)14-7-3-1-4-8-14/h1,3-4,7-8,11-13,16,21H,2,5-6,9-10H2/b20-17+/t16-/m1/s1. The lowest BCUT2D eigenvalue weighted by Gasteiger charge is -2.17. The van der Waals surface area contributed by atoms with Crippen molar-refractivity contribution < 1.29 is 9.85 Å². The first-order valence-corrected chi connectivity index (χ1v) is 8.86. The number of benzene rings is 2. The molecule has 0 spiro atoms. The first kappa shape index (κ1) is 18.5. The summed E-state index contributed by atoms with van der Waals surface area (Å²) in [6.45, 7) is 0. The van der Waals surface area contributed by atoms with E-state index >= 15 is 0 Å². The summed E-state index contributed by atoms with van der Waals surface area (Å²) in [6.07, 6.45) is 5.04. The topological polar surface area (TPSA) is 111 Å². The Hall–Kier alpha value is -3.29. The third-order valence-corrected chi connectivity index (χ3v) is 4.74. The van der Waals surface area contributed by atoms with Crippen molar-refractivity contribution in [2.45, 2.75) is 38.0 Å². The Bertz CT molecular complexity index is 867. The highest BCUT2D eigenvalue weighted by atomic mass is 16.6. The Morgan fingerprint density at radius 3 is 2.44 bits per heavy atom. The van der Waals surface area contributed by atoms with Crippen molar-refractivity contribution in [3.05, 3.63) is 74.3 Å². The van der Waals surface area contributed by atoms with E-state index in [2.05, 4.69) is 22.7 Å². The van der Waals surface area contributed by atoms with E-state index in [9.17, 15) is 20.2 Å². The van der Waals surface area contributed by atoms with Gasteiger partial charge in [0.2, 0.25) is 0 Å². The van der Waals surface area contributed by atoms with Crippen molar-refractivity contribution in [3.8, 4) is 0 Å². The number of hydrogen-bond acceptors (Lipinski definition) is 6. The van der Waals surface area contributed by atoms with Crippen LogP contribution in [0.25, 0.3) is 0 Å². The molecule has 1 saturated carbocycles. The van der Waals surface area contributed by atoms with Crippen molar-refractivity contribution in [1.82, 2.24) is 0 Å². The van der Waals surface area contributed by atoms with Crippen molar-refractivity contribution in [3.63, 3.8) is 0 Å². The summed E-state index contributed by atoms with van der Waals surface area (Å²) in [5, 5.41) is 26.6. The minimum Gasteiger partial charge on any atom is -0.272 e. The highest BCUT2D eigenvalue weighted by molar-refractivity contribution is 5.92. The summed E-state index contributed by atoms with van der Waals surface area (Å²) in [5.74, 6) is 0.165. The Balaban J connectivity index is 1.90. The van der Waals surface area contributed by atoms with Gasteiger partial charge in [-0.2, -0.15) is 5.10 Å². The molecule has 0 saturated heterocycles. The van der Waals surface area contributed by atoms with E-state index in [-0.39, 0.29) is 23.0 Å². The number of nitro benzene ring substituents is 2. The zero-order chi connectivity index (χ0) is 19.2. The molecule has 0 heterocycles. The summed E-state index contributed by atoms with van der Waals surface area (Å²) in [5.41, 5.74) is 4.37. The Morgan fingerprint density at radius 1 is 0.963 bits per heavy atom. The van der Waals surface area contributed by atoms with Crippen molar-refractivity contribution in [1.29, 1.82) is 0 Å². The molecule has 2 aromatic carbocycles. The molecular weight excluding hydrogens is 348 g/mol. The Labute approximate surface area is 156 Å². The average Bonchev–Trinajstić information content (AvgIpc) is 2.92. The molecular formula is C19H20N4O4. The van der Waals surface area contributed by atoms with E-state index in [0.717, 1.165) is 43.9 Å². The van der Waals surface area contributed by atoms with E-state index in [4.69, 9.17) is 0 Å². The predicted octanol–water partition coefficient (Wildman–Crippen LogP) is 5.02. The molecule has 3 rings (SSSR count). The molecule has 0 unspecified atom stereocenters. The lowest BCUT2D eigenvalue weighted by Crippen LogP contribution is -2.13. The van der Waals surface area contributed by atoms with Crippen LogP contribution < -0.4 is 5.43 Å². The smallest absolute Gasteiger partial charge is 0.272 e. The molecule has 0 amide bonds. The minimum absolute atomic E-state index is 0.147. The zero-order valence-corrected chi connectivity index (χ0v) is 14.7. The SMILES string of the molecule is O=[N+]([O-])c1ccc(N/N=C2\CCCCC[C@@H]2c2ccccc2)c([N+](=O)[O-])c1. The van der Waals surface area contributed by atoms with E-state index in [1.54, 1.807) is 0 Å². The fourth-order valence-electron chi connectivity index (χ4n) is 3.36. The van der Waals surface area contributed by atoms with Gasteiger partial charge >= 0.3 is 5.69 Å². The van der Waals surface area contributed by atoms with Crippen LogP contribution in [0.5, 0.6) is 0 Å². The first-order chi connectivity index (χ1) is 13.1. The minimum atomic E-state index is -0.653. The van der Waals surface area contributed by atoms with Crippen molar-refractivity contribution in [2.75, 3.05) is 5.43 Å². The fourth-order valence-corrected chi connectivity index (χ4v) is 3.36. The Kier molecular flexibility index (Phi) is 5.75. The number of nitrogens with zero attached hydrogens (tertiary/aromatic N) is 3. The number of hydrogen-bond donors (Lipinski definition) is 1. The largest absolute Gasteiger partial charge is 0.301 e. The van der Waals surface area contributed by atoms with Gasteiger partial charge in [-0.3, -0.25) is 25.7 Å². The second-order valence-electron chi connectivity index (χ2n) is 6.49. The third-order valence-electron chi connectivity index (χ3n) is 4.74. The lowest BCUT2D eigenvalue weighted by atomic mass is 9.90. The summed E-state index contributed by atoms with van der Waals surface area (Å²) < 4.78 is 0. The summed E-state index contributed by atoms with van der Waals surface area (Å²) in [6, 6.07) is 13.6. The highest BCUT2D eigenvalue weighted by Gasteiger charge is 2.23. The number of rotatable bonds is 5. The Morgan fingerprint density at radius 2 is 1.74 bits per heavy atom. The maximum absolute atomic E-state index is 11.3. The van der Waals surface area contributed by atoms with E-state index in [1.165, 1.54) is 17.7 Å². The number of non-ortho nitro benzene ring substituents is 1. The molecule has 1 fully saturated rings. The van der Waals surface area contributed by atoms with Crippen LogP contribution in [0.15, 0.2) is 53.6 Å². The van der Waals surface area contributed by atoms with Crippen LogP contribution in [0.1, 0.15) is 43.6 Å². The number of nitrogens with one attached hydrogen (secondary N) is 1. The second kappa shape index (κ2) is 8.39. The van der Waals surface area contributed by atoms with Crippen LogP contribution in [0.3, 0.4) is 0 Å². The van der Waals surface area contributed by atoms with E-state index in [0.29, 0.717) is 0 Å². The average molecular weight is 368 g/mol. The molecule has 2 aromatic rings. The third kappa shape index (κ3) is 4.46. The normalized spacial score (nSPS) is 18.7. The molecule has 0 aliphatic heterocycles. The highest BCUT2D eigenvalue weighted by Crippen LogP contribution is 2.32. The van der Waals surface area contributed by atoms with Crippen molar-refractivity contribution >= 4 is 22.8 Å². The lowest BCUT2D eigenvalue weighted by molar-refractivity contribution is -0.393. The van der Waals surface area contributed by atoms with Gasteiger partial charge in [0.05, 0.1) is 15.9 Å². The van der Waals surface area contributed by atoms with Gasteiger partial charge in [0.1, 0.15) is 5.69 Å². The number of hydrazone groups is 1. The maximum atomic E-state index is 11.3. The first-order valence-electron chi connectivity index (χ1n) is 8.86. The molecule has 8 heteroatoms. The van der Waals surface area contributed by atoms with Crippen LogP contribution in [0.4, 0.5) is 17.1 Å². The molecule has 27 heavy (non-hydrogen) atoms. The van der Waals surface area contributed by atoms with Gasteiger partial charge in [-0.1, -0.05) is 43.2 Å². The molecule has 0 aromatic heterocycles. The fraction of sp³-hybridized carbons (Fsp3) is 0.316. The molecule has 140 valence electrons. The van der Waals surface area contributed by atoms with E-state index < -0.39 is 9.85 Å². The van der Waals surface area contributed by atoms with Gasteiger partial charge in [-0.15, -0.1) is 0 Å². The van der Waals surface area contributed by atoms with Crippen molar-refractivity contribution in [2.24, 2.45) is 5.10 Å². The van der Waals surface area contributed by atoms with Crippen LogP contribution in [0, 0.1) is 20.2 Å². The maximum Gasteiger partial charge on any atom is 0.301 e. The number of nitro groups is 2. The molecule has 8 nitrogen and oxygen atoms in total. The quantitative estimate of drug-likeness (QED) is 0.452. The van der Waals surface area contributed by atoms with Gasteiger partial charge in [-0.25, -0.2) is 0 Å². The van der Waals surface area contributed by atoms with Crippen LogP contribution in [-0.2, 0) is 0 Å². The van der Waals surface area contributed by atoms with Gasteiger partial charge in [-0.05, 0) is 30.9 Å². The second-order valence-corrected chi connectivity index (χ2v) is 6.49. The molecule has 0 radical (unpaired) electrons. The van der Waals surface area contributed by atoms with Gasteiger partial charge in [0.15, 0.2) is 0 Å².